The first-order valence-corrected chi connectivity index (χ1v) is 18.9. The number of carbonyl (C=O) groups is 1. The second-order valence-electron chi connectivity index (χ2n) is 13.8. The van der Waals surface area contributed by atoms with Crippen LogP contribution in [0.5, 0.6) is 0 Å². The molecular formula is C36H71NO10. The summed E-state index contributed by atoms with van der Waals surface area (Å²) in [5.74, 6) is -0.405. The molecule has 8 N–H and O–H groups in total. The first-order chi connectivity index (χ1) is 22.6. The lowest BCUT2D eigenvalue weighted by Gasteiger charge is -2.45. The summed E-state index contributed by atoms with van der Waals surface area (Å²) in [5, 5.41) is 74.3. The van der Waals surface area contributed by atoms with Crippen LogP contribution in [0.4, 0.5) is 0 Å². The maximum atomic E-state index is 13.0. The van der Waals surface area contributed by atoms with Gasteiger partial charge < -0.3 is 50.5 Å². The van der Waals surface area contributed by atoms with Crippen LogP contribution in [-0.2, 0) is 14.3 Å². The molecule has 280 valence electrons. The van der Waals surface area contributed by atoms with E-state index in [-0.39, 0.29) is 19.4 Å². The fourth-order valence-electron chi connectivity index (χ4n) is 6.27. The highest BCUT2D eigenvalue weighted by molar-refractivity contribution is 5.76. The number of unbranched alkanes of at least 4 members (excludes halogenated alkanes) is 19. The second-order valence-corrected chi connectivity index (χ2v) is 13.8. The molecule has 1 aliphatic rings. The summed E-state index contributed by atoms with van der Waals surface area (Å²) in [6, 6.07) is 0. The lowest BCUT2D eigenvalue weighted by atomic mass is 9.96. The van der Waals surface area contributed by atoms with Crippen LogP contribution in [-0.4, -0.2) is 104 Å². The zero-order valence-corrected chi connectivity index (χ0v) is 29.6. The smallest absolute Gasteiger partial charge is 0.222 e. The van der Waals surface area contributed by atoms with Crippen molar-refractivity contribution < 1.29 is 50.0 Å². The van der Waals surface area contributed by atoms with Crippen LogP contribution in [0.3, 0.4) is 0 Å². The van der Waals surface area contributed by atoms with Gasteiger partial charge in [0.05, 0.1) is 12.7 Å². The Hall–Kier alpha value is -0.890. The Morgan fingerprint density at radius 1 is 0.702 bits per heavy atom. The Labute approximate surface area is 284 Å². The SMILES string of the molecule is CCCCCCCCCCCCCC[C@@H](O)[C@H](O)[C@@](C)(NC(=O)CCCCCCCCCCCO)O[C@@H]1OC(CO)[C@H](O)[C@H](O)[C@H]1O. The summed E-state index contributed by atoms with van der Waals surface area (Å²) in [7, 11) is 0. The van der Waals surface area contributed by atoms with E-state index >= 15 is 0 Å². The molecule has 1 fully saturated rings. The topological polar surface area (TPSA) is 189 Å². The van der Waals surface area contributed by atoms with Gasteiger partial charge in [-0.2, -0.15) is 0 Å². The molecule has 1 unspecified atom stereocenters. The highest BCUT2D eigenvalue weighted by Crippen LogP contribution is 2.28. The number of amides is 1. The van der Waals surface area contributed by atoms with Gasteiger partial charge in [-0.25, -0.2) is 0 Å². The van der Waals surface area contributed by atoms with Crippen LogP contribution in [0.1, 0.15) is 162 Å². The third-order valence-corrected chi connectivity index (χ3v) is 9.44. The Morgan fingerprint density at radius 3 is 1.66 bits per heavy atom. The average Bonchev–Trinajstić information content (AvgIpc) is 3.05. The monoisotopic (exact) mass is 678 g/mol. The average molecular weight is 678 g/mol. The van der Waals surface area contributed by atoms with Crippen LogP contribution < -0.4 is 5.32 Å². The largest absolute Gasteiger partial charge is 0.396 e. The summed E-state index contributed by atoms with van der Waals surface area (Å²) in [5.41, 5.74) is -1.89. The molecule has 0 saturated carbocycles. The van der Waals surface area contributed by atoms with E-state index in [2.05, 4.69) is 12.2 Å². The van der Waals surface area contributed by atoms with Crippen LogP contribution >= 0.6 is 0 Å². The van der Waals surface area contributed by atoms with Crippen molar-refractivity contribution in [2.24, 2.45) is 0 Å². The molecule has 47 heavy (non-hydrogen) atoms. The van der Waals surface area contributed by atoms with Crippen LogP contribution in [0.2, 0.25) is 0 Å². The van der Waals surface area contributed by atoms with E-state index in [0.29, 0.717) is 12.8 Å². The minimum atomic E-state index is -1.89. The fourth-order valence-corrected chi connectivity index (χ4v) is 6.27. The summed E-state index contributed by atoms with van der Waals surface area (Å²) < 4.78 is 11.4. The van der Waals surface area contributed by atoms with Gasteiger partial charge in [-0.1, -0.05) is 129 Å². The quantitative estimate of drug-likeness (QED) is 0.0401. The summed E-state index contributed by atoms with van der Waals surface area (Å²) in [6.07, 6.45) is 12.6. The van der Waals surface area contributed by atoms with Crippen molar-refractivity contribution in [1.29, 1.82) is 0 Å². The van der Waals surface area contributed by atoms with E-state index in [1.54, 1.807) is 0 Å². The second kappa shape index (κ2) is 26.9. The molecule has 0 aliphatic carbocycles. The number of rotatable bonds is 30. The molecule has 0 aromatic carbocycles. The van der Waals surface area contributed by atoms with E-state index in [1.165, 1.54) is 58.3 Å². The van der Waals surface area contributed by atoms with E-state index in [1.807, 2.05) is 0 Å². The standard InChI is InChI=1S/C36H71NO10/c1-3-4-5-6-7-8-9-10-12-15-18-21-24-28(40)34(45)36(2,47-35-33(44)32(43)31(42)29(27-39)46-35)37-30(41)25-22-19-16-13-11-14-17-20-23-26-38/h28-29,31-35,38-40,42-45H,3-27H2,1-2H3,(H,37,41)/t28-,29?,31+,32+,33-,34+,35+,36+/m1/s1. The summed E-state index contributed by atoms with van der Waals surface area (Å²) >= 11 is 0. The van der Waals surface area contributed by atoms with Crippen LogP contribution in [0.25, 0.3) is 0 Å². The van der Waals surface area contributed by atoms with E-state index in [4.69, 9.17) is 14.6 Å². The highest BCUT2D eigenvalue weighted by atomic mass is 16.7. The third kappa shape index (κ3) is 18.6. The van der Waals surface area contributed by atoms with Crippen LogP contribution in [0.15, 0.2) is 0 Å². The lowest BCUT2D eigenvalue weighted by Crippen LogP contribution is -2.66. The molecule has 11 nitrogen and oxygen atoms in total. The van der Waals surface area contributed by atoms with Gasteiger partial charge in [0.25, 0.3) is 0 Å². The predicted molar refractivity (Wildman–Crippen MR) is 182 cm³/mol. The van der Waals surface area contributed by atoms with Gasteiger partial charge in [0, 0.05) is 13.0 Å². The molecular weight excluding hydrogens is 606 g/mol. The van der Waals surface area contributed by atoms with Crippen LogP contribution in [0, 0.1) is 0 Å². The van der Waals surface area contributed by atoms with Gasteiger partial charge in [0.15, 0.2) is 12.0 Å². The number of hydrogen-bond acceptors (Lipinski definition) is 10. The summed E-state index contributed by atoms with van der Waals surface area (Å²) in [6.45, 7) is 3.20. The molecule has 0 aromatic heterocycles. The van der Waals surface area contributed by atoms with E-state index in [9.17, 15) is 35.4 Å². The number of nitrogens with one attached hydrogen (secondary N) is 1. The molecule has 0 radical (unpaired) electrons. The Balaban J connectivity index is 2.61. The van der Waals surface area contributed by atoms with Crippen molar-refractivity contribution in [3.8, 4) is 0 Å². The zero-order chi connectivity index (χ0) is 34.9. The zero-order valence-electron chi connectivity index (χ0n) is 29.6. The lowest BCUT2D eigenvalue weighted by molar-refractivity contribution is -0.340. The molecule has 0 aromatic rings. The molecule has 1 aliphatic heterocycles. The molecule has 1 amide bonds. The third-order valence-electron chi connectivity index (χ3n) is 9.44. The normalized spacial score (nSPS) is 24.1. The number of carbonyl (C=O) groups excluding carboxylic acids is 1. The molecule has 1 saturated heterocycles. The fraction of sp³-hybridized carbons (Fsp3) is 0.972. The van der Waals surface area contributed by atoms with Crippen molar-refractivity contribution >= 4 is 5.91 Å². The van der Waals surface area contributed by atoms with Gasteiger partial charge >= 0.3 is 0 Å². The molecule has 0 spiro atoms. The van der Waals surface area contributed by atoms with Crippen molar-refractivity contribution in [2.75, 3.05) is 13.2 Å². The van der Waals surface area contributed by atoms with Crippen molar-refractivity contribution in [2.45, 2.75) is 210 Å². The Bertz CT molecular complexity index is 759. The maximum absolute atomic E-state index is 13.0. The van der Waals surface area contributed by atoms with Gasteiger partial charge in [0.2, 0.25) is 5.91 Å². The van der Waals surface area contributed by atoms with Gasteiger partial charge in [-0.3, -0.25) is 4.79 Å². The number of aliphatic hydroxyl groups is 7. The first kappa shape index (κ1) is 44.1. The Kier molecular flexibility index (Phi) is 25.3. The first-order valence-electron chi connectivity index (χ1n) is 18.9. The van der Waals surface area contributed by atoms with E-state index < -0.39 is 61.2 Å². The van der Waals surface area contributed by atoms with Crippen molar-refractivity contribution in [1.82, 2.24) is 5.32 Å². The van der Waals surface area contributed by atoms with Gasteiger partial charge in [0.1, 0.15) is 30.5 Å². The van der Waals surface area contributed by atoms with Gasteiger partial charge in [-0.05, 0) is 26.2 Å². The number of aliphatic hydroxyl groups excluding tert-OH is 7. The van der Waals surface area contributed by atoms with Crippen molar-refractivity contribution in [3.05, 3.63) is 0 Å². The molecule has 1 heterocycles. The maximum Gasteiger partial charge on any atom is 0.222 e. The van der Waals surface area contributed by atoms with Gasteiger partial charge in [-0.15, -0.1) is 0 Å². The Morgan fingerprint density at radius 2 is 1.17 bits per heavy atom. The molecule has 0 bridgehead atoms. The minimum Gasteiger partial charge on any atom is -0.396 e. The predicted octanol–water partition coefficient (Wildman–Crippen LogP) is 4.34. The molecule has 8 atom stereocenters. The summed E-state index contributed by atoms with van der Waals surface area (Å²) in [4.78, 5) is 13.0. The number of hydrogen-bond donors (Lipinski definition) is 8. The number of ether oxygens (including phenoxy) is 2. The van der Waals surface area contributed by atoms with Crippen molar-refractivity contribution in [3.63, 3.8) is 0 Å². The molecule has 11 heteroatoms. The van der Waals surface area contributed by atoms with E-state index in [0.717, 1.165) is 70.6 Å². The molecule has 1 rings (SSSR count). The minimum absolute atomic E-state index is 0.172. The highest BCUT2D eigenvalue weighted by Gasteiger charge is 2.49.